The fourth-order valence-electron chi connectivity index (χ4n) is 2.11. The monoisotopic (exact) mass is 249 g/mol. The standard InChI is InChI=1S/C15H23NO2/c1-12(2)14(13-7-5-4-6-8-13)11-16(3)10-9-15(17)18/h4-8,12,14H,9-11H2,1-3H3,(H,17,18). The van der Waals surface area contributed by atoms with Gasteiger partial charge in [-0.1, -0.05) is 44.2 Å². The van der Waals surface area contributed by atoms with Gasteiger partial charge < -0.3 is 10.0 Å². The Bertz CT molecular complexity index is 362. The molecule has 18 heavy (non-hydrogen) atoms. The van der Waals surface area contributed by atoms with Crippen molar-refractivity contribution >= 4 is 5.97 Å². The predicted molar refractivity (Wildman–Crippen MR) is 73.8 cm³/mol. The Morgan fingerprint density at radius 1 is 1.28 bits per heavy atom. The van der Waals surface area contributed by atoms with Gasteiger partial charge in [-0.15, -0.1) is 0 Å². The van der Waals surface area contributed by atoms with Gasteiger partial charge >= 0.3 is 5.97 Å². The molecule has 0 radical (unpaired) electrons. The second kappa shape index (κ2) is 7.17. The van der Waals surface area contributed by atoms with Gasteiger partial charge in [-0.05, 0) is 24.4 Å². The van der Waals surface area contributed by atoms with Crippen LogP contribution in [0.3, 0.4) is 0 Å². The minimum atomic E-state index is -0.734. The maximum atomic E-state index is 10.6. The fourth-order valence-corrected chi connectivity index (χ4v) is 2.11. The lowest BCUT2D eigenvalue weighted by Crippen LogP contribution is -2.29. The first-order valence-electron chi connectivity index (χ1n) is 6.46. The Kier molecular flexibility index (Phi) is 5.86. The first kappa shape index (κ1) is 14.7. The zero-order valence-corrected chi connectivity index (χ0v) is 11.5. The van der Waals surface area contributed by atoms with Crippen LogP contribution in [0, 0.1) is 5.92 Å². The number of carboxylic acid groups (broad SMARTS) is 1. The summed E-state index contributed by atoms with van der Waals surface area (Å²) in [6.45, 7) is 5.92. The van der Waals surface area contributed by atoms with Crippen LogP contribution in [0.5, 0.6) is 0 Å². The quantitative estimate of drug-likeness (QED) is 0.807. The number of benzene rings is 1. The average Bonchev–Trinajstić information content (AvgIpc) is 2.34. The first-order valence-corrected chi connectivity index (χ1v) is 6.46. The lowest BCUT2D eigenvalue weighted by atomic mass is 9.88. The molecule has 0 saturated heterocycles. The van der Waals surface area contributed by atoms with E-state index < -0.39 is 5.97 Å². The van der Waals surface area contributed by atoms with Crippen LogP contribution < -0.4 is 0 Å². The summed E-state index contributed by atoms with van der Waals surface area (Å²) in [6.07, 6.45) is 0.204. The molecule has 1 unspecified atom stereocenters. The van der Waals surface area contributed by atoms with E-state index in [1.807, 2.05) is 13.1 Å². The molecule has 0 fully saturated rings. The summed E-state index contributed by atoms with van der Waals surface area (Å²) < 4.78 is 0. The van der Waals surface area contributed by atoms with Crippen LogP contribution in [0.1, 0.15) is 31.7 Å². The number of likely N-dealkylation sites (N-methyl/N-ethyl adjacent to an activating group) is 1. The van der Waals surface area contributed by atoms with E-state index in [4.69, 9.17) is 5.11 Å². The van der Waals surface area contributed by atoms with E-state index in [-0.39, 0.29) is 6.42 Å². The van der Waals surface area contributed by atoms with Gasteiger partial charge in [0.05, 0.1) is 6.42 Å². The molecule has 0 spiro atoms. The van der Waals surface area contributed by atoms with Crippen LogP contribution in [0.25, 0.3) is 0 Å². The highest BCUT2D eigenvalue weighted by atomic mass is 16.4. The first-order chi connectivity index (χ1) is 8.50. The van der Waals surface area contributed by atoms with Crippen molar-refractivity contribution in [1.29, 1.82) is 0 Å². The van der Waals surface area contributed by atoms with Crippen molar-refractivity contribution in [3.63, 3.8) is 0 Å². The van der Waals surface area contributed by atoms with Crippen molar-refractivity contribution < 1.29 is 9.90 Å². The lowest BCUT2D eigenvalue weighted by Gasteiger charge is -2.27. The van der Waals surface area contributed by atoms with Gasteiger partial charge in [0, 0.05) is 13.1 Å². The van der Waals surface area contributed by atoms with E-state index >= 15 is 0 Å². The van der Waals surface area contributed by atoms with Crippen LogP contribution >= 0.6 is 0 Å². The topological polar surface area (TPSA) is 40.5 Å². The Balaban J connectivity index is 2.61. The van der Waals surface area contributed by atoms with Crippen LogP contribution in [0.2, 0.25) is 0 Å². The fraction of sp³-hybridized carbons (Fsp3) is 0.533. The molecule has 1 N–H and O–H groups in total. The number of hydrogen-bond acceptors (Lipinski definition) is 2. The SMILES string of the molecule is CC(C)C(CN(C)CCC(=O)O)c1ccccc1. The molecular weight excluding hydrogens is 226 g/mol. The molecule has 0 saturated carbocycles. The number of aliphatic carboxylic acids is 1. The summed E-state index contributed by atoms with van der Waals surface area (Å²) in [5.74, 6) is 0.257. The zero-order valence-electron chi connectivity index (χ0n) is 11.5. The molecule has 1 aromatic rings. The van der Waals surface area contributed by atoms with Crippen LogP contribution in [-0.2, 0) is 4.79 Å². The summed E-state index contributed by atoms with van der Waals surface area (Å²) in [5.41, 5.74) is 1.33. The molecule has 100 valence electrons. The van der Waals surface area contributed by atoms with E-state index in [0.29, 0.717) is 18.4 Å². The smallest absolute Gasteiger partial charge is 0.304 e. The predicted octanol–water partition coefficient (Wildman–Crippen LogP) is 2.83. The van der Waals surface area contributed by atoms with Crippen molar-refractivity contribution in [3.05, 3.63) is 35.9 Å². The van der Waals surface area contributed by atoms with Crippen LogP contribution in [-0.4, -0.2) is 36.1 Å². The van der Waals surface area contributed by atoms with Gasteiger partial charge in [0.2, 0.25) is 0 Å². The summed E-state index contributed by atoms with van der Waals surface area (Å²) in [7, 11) is 1.99. The van der Waals surface area contributed by atoms with Crippen molar-refractivity contribution in [1.82, 2.24) is 4.90 Å². The van der Waals surface area contributed by atoms with Gasteiger partial charge in [-0.2, -0.15) is 0 Å². The summed E-state index contributed by atoms with van der Waals surface area (Å²) in [4.78, 5) is 12.7. The Morgan fingerprint density at radius 3 is 2.39 bits per heavy atom. The van der Waals surface area contributed by atoms with Gasteiger partial charge in [0.15, 0.2) is 0 Å². The van der Waals surface area contributed by atoms with Gasteiger partial charge in [-0.25, -0.2) is 0 Å². The highest BCUT2D eigenvalue weighted by Crippen LogP contribution is 2.24. The van der Waals surface area contributed by atoms with Gasteiger partial charge in [0.25, 0.3) is 0 Å². The Labute approximate surface area is 109 Å². The highest BCUT2D eigenvalue weighted by molar-refractivity contribution is 5.66. The van der Waals surface area contributed by atoms with Gasteiger partial charge in [0.1, 0.15) is 0 Å². The zero-order chi connectivity index (χ0) is 13.5. The second-order valence-corrected chi connectivity index (χ2v) is 5.17. The van der Waals surface area contributed by atoms with Crippen molar-refractivity contribution in [2.45, 2.75) is 26.2 Å². The molecule has 0 aliphatic rings. The Hall–Kier alpha value is -1.35. The molecule has 0 aromatic heterocycles. The maximum Gasteiger partial charge on any atom is 0.304 e. The third-order valence-electron chi connectivity index (χ3n) is 3.25. The molecular formula is C15H23NO2. The molecule has 0 aliphatic carbocycles. The van der Waals surface area contributed by atoms with E-state index in [9.17, 15) is 4.79 Å². The van der Waals surface area contributed by atoms with E-state index in [2.05, 4.69) is 43.0 Å². The summed E-state index contributed by atoms with van der Waals surface area (Å²) >= 11 is 0. The summed E-state index contributed by atoms with van der Waals surface area (Å²) in [5, 5.41) is 8.70. The molecule has 1 atom stereocenters. The normalized spacial score (nSPS) is 12.9. The molecule has 3 nitrogen and oxygen atoms in total. The number of carboxylic acids is 1. The molecule has 0 bridgehead atoms. The molecule has 0 amide bonds. The minimum Gasteiger partial charge on any atom is -0.481 e. The second-order valence-electron chi connectivity index (χ2n) is 5.17. The van der Waals surface area contributed by atoms with Crippen LogP contribution in [0.15, 0.2) is 30.3 Å². The van der Waals surface area contributed by atoms with Crippen molar-refractivity contribution in [3.8, 4) is 0 Å². The number of rotatable bonds is 7. The van der Waals surface area contributed by atoms with Crippen molar-refractivity contribution in [2.24, 2.45) is 5.92 Å². The molecule has 0 aliphatic heterocycles. The van der Waals surface area contributed by atoms with Gasteiger partial charge in [-0.3, -0.25) is 4.79 Å². The third-order valence-corrected chi connectivity index (χ3v) is 3.25. The summed E-state index contributed by atoms with van der Waals surface area (Å²) in [6, 6.07) is 10.4. The molecule has 1 aromatic carbocycles. The third kappa shape index (κ3) is 4.88. The van der Waals surface area contributed by atoms with Crippen LogP contribution in [0.4, 0.5) is 0 Å². The molecule has 0 heterocycles. The van der Waals surface area contributed by atoms with E-state index in [1.165, 1.54) is 5.56 Å². The highest BCUT2D eigenvalue weighted by Gasteiger charge is 2.17. The lowest BCUT2D eigenvalue weighted by molar-refractivity contribution is -0.137. The molecule has 3 heteroatoms. The largest absolute Gasteiger partial charge is 0.481 e. The number of carbonyl (C=O) groups is 1. The number of nitrogens with zero attached hydrogens (tertiary/aromatic N) is 1. The van der Waals surface area contributed by atoms with Crippen molar-refractivity contribution in [2.75, 3.05) is 20.1 Å². The van der Waals surface area contributed by atoms with E-state index in [1.54, 1.807) is 0 Å². The maximum absolute atomic E-state index is 10.6. The Morgan fingerprint density at radius 2 is 1.89 bits per heavy atom. The molecule has 1 rings (SSSR count). The number of hydrogen-bond donors (Lipinski definition) is 1. The van der Waals surface area contributed by atoms with E-state index in [0.717, 1.165) is 6.54 Å². The minimum absolute atomic E-state index is 0.204. The average molecular weight is 249 g/mol.